The van der Waals surface area contributed by atoms with Crippen LogP contribution in [0, 0.1) is 0 Å². The van der Waals surface area contributed by atoms with E-state index in [9.17, 15) is 8.42 Å². The summed E-state index contributed by atoms with van der Waals surface area (Å²) in [5.74, 6) is 0.690. The zero-order valence-corrected chi connectivity index (χ0v) is 12.6. The van der Waals surface area contributed by atoms with Crippen LogP contribution in [0.15, 0.2) is 0 Å². The first kappa shape index (κ1) is 17.2. The van der Waals surface area contributed by atoms with Crippen LogP contribution in [0.25, 0.3) is 0 Å². The Bertz CT molecular complexity index is 280. The van der Waals surface area contributed by atoms with Crippen LogP contribution < -0.4 is 0 Å². The summed E-state index contributed by atoms with van der Waals surface area (Å²) in [6, 6.07) is 0. The van der Waals surface area contributed by atoms with Crippen molar-refractivity contribution in [2.75, 3.05) is 31.8 Å². The molecule has 0 heterocycles. The zero-order chi connectivity index (χ0) is 13.3. The van der Waals surface area contributed by atoms with Gasteiger partial charge in [0.1, 0.15) is 0 Å². The average molecular weight is 286 g/mol. The average Bonchev–Trinajstić information content (AvgIpc) is 2.23. The van der Waals surface area contributed by atoms with E-state index in [1.54, 1.807) is 7.05 Å². The molecule has 0 radical (unpaired) electrons. The molecular formula is C11H24ClNO3S. The first-order valence-corrected chi connectivity index (χ1v) is 8.16. The van der Waals surface area contributed by atoms with Crippen molar-refractivity contribution in [3.05, 3.63) is 0 Å². The summed E-state index contributed by atoms with van der Waals surface area (Å²) in [6.07, 6.45) is 2.82. The Kier molecular flexibility index (Phi) is 9.22. The van der Waals surface area contributed by atoms with Gasteiger partial charge < -0.3 is 4.74 Å². The molecule has 0 aromatic rings. The third-order valence-electron chi connectivity index (χ3n) is 2.37. The minimum atomic E-state index is -3.17. The molecule has 0 amide bonds. The minimum absolute atomic E-state index is 0.0528. The van der Waals surface area contributed by atoms with Gasteiger partial charge in [-0.25, -0.2) is 12.7 Å². The lowest BCUT2D eigenvalue weighted by Gasteiger charge is -2.17. The van der Waals surface area contributed by atoms with E-state index < -0.39 is 10.0 Å². The summed E-state index contributed by atoms with van der Waals surface area (Å²) in [5, 5.41) is 0. The van der Waals surface area contributed by atoms with Crippen LogP contribution in [0.4, 0.5) is 0 Å². The smallest absolute Gasteiger partial charge is 0.216 e. The molecular weight excluding hydrogens is 262 g/mol. The van der Waals surface area contributed by atoms with E-state index in [4.69, 9.17) is 16.3 Å². The van der Waals surface area contributed by atoms with E-state index >= 15 is 0 Å². The van der Waals surface area contributed by atoms with Gasteiger partial charge in [0, 0.05) is 19.5 Å². The van der Waals surface area contributed by atoms with Crippen molar-refractivity contribution < 1.29 is 13.2 Å². The van der Waals surface area contributed by atoms with E-state index in [2.05, 4.69) is 0 Å². The van der Waals surface area contributed by atoms with Crippen molar-refractivity contribution in [1.82, 2.24) is 4.31 Å². The molecule has 17 heavy (non-hydrogen) atoms. The zero-order valence-electron chi connectivity index (χ0n) is 11.0. The van der Waals surface area contributed by atoms with E-state index in [1.165, 1.54) is 4.31 Å². The maximum absolute atomic E-state index is 11.8. The van der Waals surface area contributed by atoms with E-state index in [1.807, 2.05) is 13.8 Å². The molecule has 104 valence electrons. The van der Waals surface area contributed by atoms with Crippen LogP contribution in [0.3, 0.4) is 0 Å². The number of alkyl halides is 1. The maximum Gasteiger partial charge on any atom is 0.216 e. The Hall–Kier alpha value is 0.160. The fourth-order valence-corrected chi connectivity index (χ4v) is 2.50. The molecule has 0 aliphatic rings. The summed E-state index contributed by atoms with van der Waals surface area (Å²) < 4.78 is 30.2. The summed E-state index contributed by atoms with van der Waals surface area (Å²) in [5.41, 5.74) is 0. The Morgan fingerprint density at radius 3 is 2.41 bits per heavy atom. The topological polar surface area (TPSA) is 46.6 Å². The van der Waals surface area contributed by atoms with Crippen molar-refractivity contribution in [2.45, 2.75) is 39.2 Å². The van der Waals surface area contributed by atoms with Gasteiger partial charge in [0.05, 0.1) is 18.5 Å². The van der Waals surface area contributed by atoms with Crippen molar-refractivity contribution in [3.8, 4) is 0 Å². The lowest BCUT2D eigenvalue weighted by Crippen LogP contribution is -2.32. The molecule has 0 saturated heterocycles. The minimum Gasteiger partial charge on any atom is -0.378 e. The summed E-state index contributed by atoms with van der Waals surface area (Å²) in [6.45, 7) is 4.60. The third-order valence-corrected chi connectivity index (χ3v) is 4.46. The second kappa shape index (κ2) is 9.14. The predicted octanol–water partition coefficient (Wildman–Crippen LogP) is 2.08. The molecule has 0 bridgehead atoms. The maximum atomic E-state index is 11.8. The van der Waals surface area contributed by atoms with Crippen LogP contribution in [0.1, 0.15) is 33.1 Å². The van der Waals surface area contributed by atoms with Gasteiger partial charge in [-0.15, -0.1) is 11.6 Å². The fraction of sp³-hybridized carbons (Fsp3) is 1.00. The molecule has 0 N–H and O–H groups in total. The fourth-order valence-electron chi connectivity index (χ4n) is 1.29. The van der Waals surface area contributed by atoms with Gasteiger partial charge in [-0.1, -0.05) is 6.42 Å². The largest absolute Gasteiger partial charge is 0.378 e. The highest BCUT2D eigenvalue weighted by atomic mass is 35.5. The highest BCUT2D eigenvalue weighted by Gasteiger charge is 2.17. The van der Waals surface area contributed by atoms with Crippen LogP contribution in [0.2, 0.25) is 0 Å². The molecule has 0 fully saturated rings. The molecule has 0 spiro atoms. The molecule has 0 saturated carbocycles. The van der Waals surface area contributed by atoms with Crippen LogP contribution >= 0.6 is 11.6 Å². The molecule has 0 aliphatic heterocycles. The Morgan fingerprint density at radius 2 is 1.88 bits per heavy atom. The third kappa shape index (κ3) is 8.83. The highest BCUT2D eigenvalue weighted by Crippen LogP contribution is 2.04. The van der Waals surface area contributed by atoms with Crippen molar-refractivity contribution >= 4 is 21.6 Å². The van der Waals surface area contributed by atoms with Gasteiger partial charge in [0.15, 0.2) is 0 Å². The van der Waals surface area contributed by atoms with Crippen LogP contribution in [-0.4, -0.2) is 50.7 Å². The van der Waals surface area contributed by atoms with Crippen molar-refractivity contribution in [1.29, 1.82) is 0 Å². The number of hydrogen-bond acceptors (Lipinski definition) is 3. The van der Waals surface area contributed by atoms with Gasteiger partial charge in [-0.2, -0.15) is 0 Å². The molecule has 0 aliphatic carbocycles. The molecule has 0 aromatic heterocycles. The van der Waals surface area contributed by atoms with E-state index in [-0.39, 0.29) is 18.5 Å². The Morgan fingerprint density at radius 1 is 1.24 bits per heavy atom. The van der Waals surface area contributed by atoms with E-state index in [0.29, 0.717) is 12.4 Å². The predicted molar refractivity (Wildman–Crippen MR) is 72.1 cm³/mol. The van der Waals surface area contributed by atoms with Crippen LogP contribution in [-0.2, 0) is 14.8 Å². The SMILES string of the molecule is CC(C)OCCS(=O)(=O)N(C)CCCCCCl. The standard InChI is InChI=1S/C11H24ClNO3S/c1-11(2)16-9-10-17(14,15)13(3)8-6-4-5-7-12/h11H,4-10H2,1-3H3. The van der Waals surface area contributed by atoms with Crippen LogP contribution in [0.5, 0.6) is 0 Å². The summed E-state index contributed by atoms with van der Waals surface area (Å²) >= 11 is 5.56. The molecule has 0 rings (SSSR count). The number of ether oxygens (including phenoxy) is 1. The molecule has 0 unspecified atom stereocenters. The lowest BCUT2D eigenvalue weighted by molar-refractivity contribution is 0.0907. The van der Waals surface area contributed by atoms with Gasteiger partial charge in [-0.05, 0) is 26.7 Å². The monoisotopic (exact) mass is 285 g/mol. The molecule has 0 aromatic carbocycles. The second-order valence-corrected chi connectivity index (χ2v) is 6.88. The lowest BCUT2D eigenvalue weighted by atomic mass is 10.2. The first-order chi connectivity index (χ1) is 7.90. The van der Waals surface area contributed by atoms with Gasteiger partial charge in [0.25, 0.3) is 0 Å². The number of unbranched alkanes of at least 4 members (excludes halogenated alkanes) is 2. The first-order valence-electron chi connectivity index (χ1n) is 6.01. The Balaban J connectivity index is 3.86. The second-order valence-electron chi connectivity index (χ2n) is 4.31. The van der Waals surface area contributed by atoms with Gasteiger partial charge >= 0.3 is 0 Å². The summed E-state index contributed by atoms with van der Waals surface area (Å²) in [4.78, 5) is 0. The number of rotatable bonds is 10. The normalized spacial score (nSPS) is 12.6. The highest BCUT2D eigenvalue weighted by molar-refractivity contribution is 7.89. The molecule has 0 atom stereocenters. The van der Waals surface area contributed by atoms with E-state index in [0.717, 1.165) is 19.3 Å². The number of nitrogens with zero attached hydrogens (tertiary/aromatic N) is 1. The molecule has 4 nitrogen and oxygen atoms in total. The Labute approximate surface area is 110 Å². The van der Waals surface area contributed by atoms with Crippen molar-refractivity contribution in [2.24, 2.45) is 0 Å². The van der Waals surface area contributed by atoms with Gasteiger partial charge in [0.2, 0.25) is 10.0 Å². The summed E-state index contributed by atoms with van der Waals surface area (Å²) in [7, 11) is -1.55. The molecule has 6 heteroatoms. The number of halogens is 1. The number of hydrogen-bond donors (Lipinski definition) is 0. The number of sulfonamides is 1. The quantitative estimate of drug-likeness (QED) is 0.456. The van der Waals surface area contributed by atoms with Gasteiger partial charge in [-0.3, -0.25) is 0 Å². The van der Waals surface area contributed by atoms with Crippen molar-refractivity contribution in [3.63, 3.8) is 0 Å².